The molecule has 3 amide bonds. The van der Waals surface area contributed by atoms with Crippen molar-refractivity contribution >= 4 is 23.9 Å². The molecule has 1 N–H and O–H groups in total. The van der Waals surface area contributed by atoms with Gasteiger partial charge in [0.1, 0.15) is 13.2 Å². The van der Waals surface area contributed by atoms with E-state index in [1.807, 2.05) is 0 Å². The van der Waals surface area contributed by atoms with Crippen molar-refractivity contribution < 1.29 is 41.8 Å². The van der Waals surface area contributed by atoms with Crippen LogP contribution in [-0.2, 0) is 25.2 Å². The number of ether oxygens (including phenoxy) is 2. The van der Waals surface area contributed by atoms with E-state index in [0.717, 1.165) is 29.2 Å². The highest BCUT2D eigenvalue weighted by atomic mass is 19.4. The largest absolute Gasteiger partial charge is 0.454 e. The molecule has 0 radical (unpaired) electrons. The molecule has 1 aliphatic rings. The van der Waals surface area contributed by atoms with Gasteiger partial charge in [-0.05, 0) is 24.3 Å². The Kier molecular flexibility index (Phi) is 5.80. The summed E-state index contributed by atoms with van der Waals surface area (Å²) in [7, 11) is 0. The average molecular weight is 374 g/mol. The van der Waals surface area contributed by atoms with Crippen LogP contribution in [0.4, 0.5) is 18.0 Å². The summed E-state index contributed by atoms with van der Waals surface area (Å²) in [4.78, 5) is 46.8. The number of carbonyl (C=O) groups excluding carboxylic acids is 4. The van der Waals surface area contributed by atoms with Gasteiger partial charge in [0, 0.05) is 5.56 Å². The maximum absolute atomic E-state index is 12.4. The first-order valence-electron chi connectivity index (χ1n) is 7.26. The molecule has 26 heavy (non-hydrogen) atoms. The van der Waals surface area contributed by atoms with Gasteiger partial charge in [-0.25, -0.2) is 9.69 Å². The fourth-order valence-electron chi connectivity index (χ4n) is 1.96. The molecule has 1 aliphatic heterocycles. The van der Waals surface area contributed by atoms with Crippen LogP contribution in [0.3, 0.4) is 0 Å². The first-order valence-corrected chi connectivity index (χ1v) is 7.26. The summed E-state index contributed by atoms with van der Waals surface area (Å²) in [5, 5.41) is 2.15. The standard InChI is InChI=1S/C15H13F3N2O6/c16-15(17,18)10-3-1-9(2-4-10)13(23)19-7-12(22)26-8-11(21)20-5-6-25-14(20)24/h1-4H,5-8H2,(H,19,23). The molecule has 8 nitrogen and oxygen atoms in total. The minimum Gasteiger partial charge on any atom is -0.454 e. The van der Waals surface area contributed by atoms with Crippen molar-refractivity contribution in [2.45, 2.75) is 6.18 Å². The molecule has 0 unspecified atom stereocenters. The van der Waals surface area contributed by atoms with Crippen molar-refractivity contribution in [2.75, 3.05) is 26.3 Å². The van der Waals surface area contributed by atoms with Crippen molar-refractivity contribution in [3.8, 4) is 0 Å². The molecule has 0 saturated carbocycles. The third-order valence-electron chi connectivity index (χ3n) is 3.29. The van der Waals surface area contributed by atoms with E-state index in [1.54, 1.807) is 0 Å². The van der Waals surface area contributed by atoms with Crippen LogP contribution in [0.25, 0.3) is 0 Å². The van der Waals surface area contributed by atoms with Crippen molar-refractivity contribution in [3.05, 3.63) is 35.4 Å². The summed E-state index contributed by atoms with van der Waals surface area (Å²) in [6, 6.07) is 3.40. The summed E-state index contributed by atoms with van der Waals surface area (Å²) < 4.78 is 46.5. The van der Waals surface area contributed by atoms with Gasteiger partial charge in [0.25, 0.3) is 11.8 Å². The molecule has 0 spiro atoms. The van der Waals surface area contributed by atoms with Crippen LogP contribution in [0.1, 0.15) is 15.9 Å². The van der Waals surface area contributed by atoms with Crippen molar-refractivity contribution in [2.24, 2.45) is 0 Å². The number of imide groups is 1. The second-order valence-electron chi connectivity index (χ2n) is 5.08. The lowest BCUT2D eigenvalue weighted by Crippen LogP contribution is -2.37. The monoisotopic (exact) mass is 374 g/mol. The Morgan fingerprint density at radius 3 is 2.38 bits per heavy atom. The SMILES string of the molecule is O=C(CNC(=O)c1ccc(C(F)(F)F)cc1)OCC(=O)N1CCOC1=O. The third-order valence-corrected chi connectivity index (χ3v) is 3.29. The van der Waals surface area contributed by atoms with Gasteiger partial charge >= 0.3 is 18.2 Å². The summed E-state index contributed by atoms with van der Waals surface area (Å²) in [6.45, 7) is -1.19. The highest BCUT2D eigenvalue weighted by Gasteiger charge is 2.30. The average Bonchev–Trinajstić information content (AvgIpc) is 3.03. The molecular formula is C15H13F3N2O6. The quantitative estimate of drug-likeness (QED) is 0.771. The molecule has 11 heteroatoms. The van der Waals surface area contributed by atoms with Gasteiger partial charge < -0.3 is 14.8 Å². The van der Waals surface area contributed by atoms with E-state index in [4.69, 9.17) is 0 Å². The molecular weight excluding hydrogens is 361 g/mol. The topological polar surface area (TPSA) is 102 Å². The van der Waals surface area contributed by atoms with Gasteiger partial charge in [-0.2, -0.15) is 13.2 Å². The van der Waals surface area contributed by atoms with Gasteiger partial charge in [0.15, 0.2) is 6.61 Å². The number of carbonyl (C=O) groups is 4. The number of hydrogen-bond acceptors (Lipinski definition) is 6. The fourth-order valence-corrected chi connectivity index (χ4v) is 1.96. The Hall–Kier alpha value is -3.11. The van der Waals surface area contributed by atoms with E-state index in [-0.39, 0.29) is 18.7 Å². The van der Waals surface area contributed by atoms with E-state index in [1.165, 1.54) is 0 Å². The molecule has 1 fully saturated rings. The molecule has 1 aromatic rings. The fraction of sp³-hybridized carbons (Fsp3) is 0.333. The second kappa shape index (κ2) is 7.85. The number of nitrogens with one attached hydrogen (secondary N) is 1. The number of nitrogens with zero attached hydrogens (tertiary/aromatic N) is 1. The zero-order valence-electron chi connectivity index (χ0n) is 13.2. The highest BCUT2D eigenvalue weighted by molar-refractivity contribution is 5.96. The first kappa shape index (κ1) is 19.2. The van der Waals surface area contributed by atoms with Gasteiger partial charge in [-0.15, -0.1) is 0 Å². The number of halogens is 3. The summed E-state index contributed by atoms with van der Waals surface area (Å²) in [6.07, 6.45) is -5.35. The number of benzene rings is 1. The Labute approximate surface area is 144 Å². The van der Waals surface area contributed by atoms with Crippen LogP contribution in [-0.4, -0.2) is 55.1 Å². The lowest BCUT2D eigenvalue weighted by Gasteiger charge is -2.11. The Balaban J connectivity index is 1.77. The number of rotatable bonds is 5. The van der Waals surface area contributed by atoms with Crippen molar-refractivity contribution in [1.82, 2.24) is 10.2 Å². The van der Waals surface area contributed by atoms with E-state index in [2.05, 4.69) is 14.8 Å². The van der Waals surface area contributed by atoms with Crippen molar-refractivity contribution in [1.29, 1.82) is 0 Å². The minimum absolute atomic E-state index is 0.0554. The molecule has 0 aliphatic carbocycles. The normalized spacial score (nSPS) is 14.0. The van der Waals surface area contributed by atoms with Crippen molar-refractivity contribution in [3.63, 3.8) is 0 Å². The predicted molar refractivity (Wildman–Crippen MR) is 77.8 cm³/mol. The van der Waals surface area contributed by atoms with Gasteiger partial charge in [0.2, 0.25) is 0 Å². The van der Waals surface area contributed by atoms with Crippen LogP contribution < -0.4 is 5.32 Å². The maximum atomic E-state index is 12.4. The van der Waals surface area contributed by atoms with Gasteiger partial charge in [-0.1, -0.05) is 0 Å². The van der Waals surface area contributed by atoms with E-state index in [0.29, 0.717) is 0 Å². The Bertz CT molecular complexity index is 717. The number of amides is 3. The molecule has 2 rings (SSSR count). The molecule has 140 valence electrons. The predicted octanol–water partition coefficient (Wildman–Crippen LogP) is 0.957. The van der Waals surface area contributed by atoms with Crippen LogP contribution in [0.15, 0.2) is 24.3 Å². The zero-order chi connectivity index (χ0) is 19.3. The summed E-state index contributed by atoms with van der Waals surface area (Å²) >= 11 is 0. The lowest BCUT2D eigenvalue weighted by atomic mass is 10.1. The Morgan fingerprint density at radius 1 is 1.19 bits per heavy atom. The summed E-state index contributed by atoms with van der Waals surface area (Å²) in [5.41, 5.74) is -0.992. The Morgan fingerprint density at radius 2 is 1.85 bits per heavy atom. The van der Waals surface area contributed by atoms with Crippen LogP contribution in [0.2, 0.25) is 0 Å². The maximum Gasteiger partial charge on any atom is 0.416 e. The van der Waals surface area contributed by atoms with Gasteiger partial charge in [-0.3, -0.25) is 14.4 Å². The van der Waals surface area contributed by atoms with Gasteiger partial charge in [0.05, 0.1) is 12.1 Å². The zero-order valence-corrected chi connectivity index (χ0v) is 13.2. The van der Waals surface area contributed by atoms with E-state index in [9.17, 15) is 32.3 Å². The van der Waals surface area contributed by atoms with Crippen LogP contribution in [0, 0.1) is 0 Å². The third kappa shape index (κ3) is 4.94. The lowest BCUT2D eigenvalue weighted by molar-refractivity contribution is -0.149. The van der Waals surface area contributed by atoms with Crippen LogP contribution >= 0.6 is 0 Å². The number of esters is 1. The highest BCUT2D eigenvalue weighted by Crippen LogP contribution is 2.29. The molecule has 0 atom stereocenters. The second-order valence-corrected chi connectivity index (χ2v) is 5.08. The molecule has 1 heterocycles. The molecule has 1 aromatic carbocycles. The number of cyclic esters (lactones) is 1. The molecule has 1 saturated heterocycles. The summed E-state index contributed by atoms with van der Waals surface area (Å²) in [5.74, 6) is -2.51. The van der Waals surface area contributed by atoms with E-state index >= 15 is 0 Å². The van der Waals surface area contributed by atoms with E-state index < -0.39 is 48.8 Å². The number of hydrogen-bond donors (Lipinski definition) is 1. The molecule has 0 aromatic heterocycles. The number of alkyl halides is 3. The molecule has 0 bridgehead atoms. The first-order chi connectivity index (χ1) is 12.2. The van der Waals surface area contributed by atoms with Crippen LogP contribution in [0.5, 0.6) is 0 Å². The minimum atomic E-state index is -4.52. The smallest absolute Gasteiger partial charge is 0.416 e.